The van der Waals surface area contributed by atoms with Crippen molar-refractivity contribution < 1.29 is 22.7 Å². The molecule has 168 valence electrons. The smallest absolute Gasteiger partial charge is 0.368 e. The molecule has 11 heteroatoms. The third kappa shape index (κ3) is 7.12. The molecule has 7 nitrogen and oxygen atoms in total. The van der Waals surface area contributed by atoms with Crippen molar-refractivity contribution in [2.75, 3.05) is 59.0 Å². The number of piperazine rings is 1. The first-order chi connectivity index (χ1) is 13.4. The van der Waals surface area contributed by atoms with Gasteiger partial charge in [0.25, 0.3) is 5.91 Å². The van der Waals surface area contributed by atoms with Crippen LogP contribution in [0.5, 0.6) is 0 Å². The summed E-state index contributed by atoms with van der Waals surface area (Å²) in [5.74, 6) is 0.795. The Morgan fingerprint density at radius 2 is 1.83 bits per heavy atom. The molecule has 3 aliphatic heterocycles. The van der Waals surface area contributed by atoms with Gasteiger partial charge in [0.15, 0.2) is 5.96 Å². The van der Waals surface area contributed by atoms with Gasteiger partial charge in [0.1, 0.15) is 6.10 Å². The average Bonchev–Trinajstić information content (AvgIpc) is 3.32. The van der Waals surface area contributed by atoms with Crippen LogP contribution >= 0.6 is 24.0 Å². The molecule has 1 amide bonds. The monoisotopic (exact) mass is 533 g/mol. The molecule has 0 aromatic rings. The van der Waals surface area contributed by atoms with Gasteiger partial charge in [0.05, 0.1) is 6.54 Å². The molecule has 3 aliphatic rings. The molecule has 0 radical (unpaired) electrons. The van der Waals surface area contributed by atoms with Crippen LogP contribution in [0.3, 0.4) is 0 Å². The summed E-state index contributed by atoms with van der Waals surface area (Å²) in [6, 6.07) is -0.0424. The fourth-order valence-corrected chi connectivity index (χ4v) is 4.03. The second-order valence-electron chi connectivity index (χ2n) is 7.59. The van der Waals surface area contributed by atoms with Crippen molar-refractivity contribution in [2.24, 2.45) is 4.99 Å². The Morgan fingerprint density at radius 1 is 1.14 bits per heavy atom. The van der Waals surface area contributed by atoms with Gasteiger partial charge in [-0.25, -0.2) is 0 Å². The fraction of sp³-hybridized carbons (Fsp3) is 0.889. The van der Waals surface area contributed by atoms with E-state index in [-0.39, 0.29) is 42.0 Å². The number of halogens is 4. The lowest BCUT2D eigenvalue weighted by atomic mass is 10.2. The molecular weight excluding hydrogens is 502 g/mol. The fourth-order valence-electron chi connectivity index (χ4n) is 4.03. The molecule has 3 rings (SSSR count). The van der Waals surface area contributed by atoms with E-state index in [4.69, 9.17) is 4.74 Å². The highest BCUT2D eigenvalue weighted by molar-refractivity contribution is 14.0. The van der Waals surface area contributed by atoms with Crippen LogP contribution in [0.2, 0.25) is 0 Å². The maximum Gasteiger partial charge on any atom is 0.401 e. The van der Waals surface area contributed by atoms with Crippen LogP contribution < -0.4 is 5.32 Å². The van der Waals surface area contributed by atoms with Crippen molar-refractivity contribution in [3.8, 4) is 0 Å². The summed E-state index contributed by atoms with van der Waals surface area (Å²) in [5.41, 5.74) is 0. The predicted octanol–water partition coefficient (Wildman–Crippen LogP) is 1.53. The van der Waals surface area contributed by atoms with Crippen molar-refractivity contribution in [1.29, 1.82) is 0 Å². The Bertz CT molecular complexity index is 564. The molecule has 0 aromatic carbocycles. The standard InChI is InChI=1S/C18H30F3N5O2.HI/c1-2-22-17(23-14-5-6-24(12-14)13-18(19,20)21)26-9-7-25(8-10-26)16(27)15-4-3-11-28-15;/h14-15H,2-13H2,1H3,(H,22,23);1H. The van der Waals surface area contributed by atoms with Gasteiger partial charge in [-0.3, -0.25) is 14.7 Å². The molecule has 29 heavy (non-hydrogen) atoms. The number of amides is 1. The maximum absolute atomic E-state index is 12.6. The minimum absolute atomic E-state index is 0. The number of hydrogen-bond donors (Lipinski definition) is 1. The molecule has 3 fully saturated rings. The Kier molecular flexibility index (Phi) is 9.26. The third-order valence-corrected chi connectivity index (χ3v) is 5.41. The molecule has 1 N–H and O–H groups in total. The number of aliphatic imine (C=N–C) groups is 1. The maximum atomic E-state index is 12.6. The molecule has 2 unspecified atom stereocenters. The zero-order valence-corrected chi connectivity index (χ0v) is 19.1. The van der Waals surface area contributed by atoms with E-state index >= 15 is 0 Å². The van der Waals surface area contributed by atoms with E-state index in [9.17, 15) is 18.0 Å². The second kappa shape index (κ2) is 11.0. The first kappa shape index (κ1) is 24.4. The van der Waals surface area contributed by atoms with Gasteiger partial charge in [0, 0.05) is 58.5 Å². The Morgan fingerprint density at radius 3 is 2.41 bits per heavy atom. The quantitative estimate of drug-likeness (QED) is 0.338. The normalized spacial score (nSPS) is 26.6. The van der Waals surface area contributed by atoms with Gasteiger partial charge in [-0.1, -0.05) is 0 Å². The number of hydrogen-bond acceptors (Lipinski definition) is 4. The molecule has 0 spiro atoms. The largest absolute Gasteiger partial charge is 0.401 e. The molecule has 0 bridgehead atoms. The van der Waals surface area contributed by atoms with E-state index in [1.165, 1.54) is 4.90 Å². The summed E-state index contributed by atoms with van der Waals surface area (Å²) in [6.07, 6.45) is -2.08. The molecule has 0 saturated carbocycles. The molecule has 3 heterocycles. The number of nitrogens with zero attached hydrogens (tertiary/aromatic N) is 4. The third-order valence-electron chi connectivity index (χ3n) is 5.41. The van der Waals surface area contributed by atoms with Gasteiger partial charge >= 0.3 is 6.18 Å². The Labute approximate surface area is 187 Å². The van der Waals surface area contributed by atoms with Gasteiger partial charge in [-0.15, -0.1) is 24.0 Å². The SMILES string of the molecule is CCN=C(NC1CCN(CC(F)(F)F)C1)N1CCN(C(=O)C2CCCO2)CC1.I. The van der Waals surface area contributed by atoms with Gasteiger partial charge in [-0.05, 0) is 26.2 Å². The van der Waals surface area contributed by atoms with E-state index in [0.29, 0.717) is 58.8 Å². The molecule has 0 aliphatic carbocycles. The van der Waals surface area contributed by atoms with Crippen molar-refractivity contribution in [1.82, 2.24) is 20.0 Å². The van der Waals surface area contributed by atoms with Crippen LogP contribution in [0.15, 0.2) is 4.99 Å². The minimum atomic E-state index is -4.17. The lowest BCUT2D eigenvalue weighted by Gasteiger charge is -2.38. The summed E-state index contributed by atoms with van der Waals surface area (Å²) in [5, 5.41) is 3.34. The Balaban J connectivity index is 0.00000300. The molecule has 2 atom stereocenters. The van der Waals surface area contributed by atoms with Gasteiger partial charge in [0.2, 0.25) is 0 Å². The van der Waals surface area contributed by atoms with Crippen LogP contribution in [-0.4, -0.2) is 104 Å². The summed E-state index contributed by atoms with van der Waals surface area (Å²) < 4.78 is 43.3. The second-order valence-corrected chi connectivity index (χ2v) is 7.59. The number of rotatable bonds is 4. The number of carbonyl (C=O) groups is 1. The first-order valence-corrected chi connectivity index (χ1v) is 10.1. The highest BCUT2D eigenvalue weighted by Crippen LogP contribution is 2.20. The van der Waals surface area contributed by atoms with E-state index in [1.54, 1.807) is 0 Å². The summed E-state index contributed by atoms with van der Waals surface area (Å²) >= 11 is 0. The molecular formula is C18H31F3IN5O2. The van der Waals surface area contributed by atoms with E-state index < -0.39 is 12.7 Å². The zero-order valence-electron chi connectivity index (χ0n) is 16.8. The minimum Gasteiger partial charge on any atom is -0.368 e. The lowest BCUT2D eigenvalue weighted by molar-refractivity contribution is -0.144. The topological polar surface area (TPSA) is 60.4 Å². The number of nitrogens with one attached hydrogen (secondary N) is 1. The van der Waals surface area contributed by atoms with Crippen LogP contribution in [0, 0.1) is 0 Å². The van der Waals surface area contributed by atoms with Crippen molar-refractivity contribution in [3.05, 3.63) is 0 Å². The molecule has 3 saturated heterocycles. The molecule has 0 aromatic heterocycles. The van der Waals surface area contributed by atoms with Gasteiger partial charge in [-0.2, -0.15) is 13.2 Å². The average molecular weight is 533 g/mol. The number of ether oxygens (including phenoxy) is 1. The predicted molar refractivity (Wildman–Crippen MR) is 115 cm³/mol. The van der Waals surface area contributed by atoms with E-state index in [2.05, 4.69) is 15.2 Å². The summed E-state index contributed by atoms with van der Waals surface area (Å²) in [4.78, 5) is 22.4. The van der Waals surface area contributed by atoms with Gasteiger partial charge < -0.3 is 19.9 Å². The highest BCUT2D eigenvalue weighted by Gasteiger charge is 2.35. The van der Waals surface area contributed by atoms with E-state index in [0.717, 1.165) is 18.8 Å². The van der Waals surface area contributed by atoms with Crippen LogP contribution in [0.25, 0.3) is 0 Å². The highest BCUT2D eigenvalue weighted by atomic mass is 127. The first-order valence-electron chi connectivity index (χ1n) is 10.1. The van der Waals surface area contributed by atoms with Crippen molar-refractivity contribution in [3.63, 3.8) is 0 Å². The van der Waals surface area contributed by atoms with Crippen LogP contribution in [0.1, 0.15) is 26.2 Å². The van der Waals surface area contributed by atoms with Crippen molar-refractivity contribution in [2.45, 2.75) is 44.5 Å². The lowest BCUT2D eigenvalue weighted by Crippen LogP contribution is -2.56. The number of guanidine groups is 1. The summed E-state index contributed by atoms with van der Waals surface area (Å²) in [6.45, 7) is 5.63. The summed E-state index contributed by atoms with van der Waals surface area (Å²) in [7, 11) is 0. The Hall–Kier alpha value is -0.820. The number of carbonyl (C=O) groups excluding carboxylic acids is 1. The van der Waals surface area contributed by atoms with E-state index in [1.807, 2.05) is 11.8 Å². The zero-order chi connectivity index (χ0) is 20.1. The number of likely N-dealkylation sites (tertiary alicyclic amines) is 1. The van der Waals surface area contributed by atoms with Crippen LogP contribution in [0.4, 0.5) is 13.2 Å². The van der Waals surface area contributed by atoms with Crippen molar-refractivity contribution >= 4 is 35.8 Å². The van der Waals surface area contributed by atoms with Crippen LogP contribution in [-0.2, 0) is 9.53 Å². The number of alkyl halides is 3.